The van der Waals surface area contributed by atoms with E-state index in [0.29, 0.717) is 6.42 Å². The summed E-state index contributed by atoms with van der Waals surface area (Å²) < 4.78 is 0. The van der Waals surface area contributed by atoms with Crippen LogP contribution in [-0.2, 0) is 14.4 Å². The van der Waals surface area contributed by atoms with Crippen molar-refractivity contribution in [3.8, 4) is 0 Å². The molecule has 3 N–H and O–H groups in total. The minimum Gasteiger partial charge on any atom is -0.480 e. The van der Waals surface area contributed by atoms with Gasteiger partial charge < -0.3 is 10.8 Å². The van der Waals surface area contributed by atoms with E-state index in [1.807, 2.05) is 0 Å². The van der Waals surface area contributed by atoms with Crippen molar-refractivity contribution in [2.75, 3.05) is 0 Å². The molecule has 1 atom stereocenters. The predicted octanol–water partition coefficient (Wildman–Crippen LogP) is -0.273. The molecule has 0 saturated carbocycles. The molecule has 0 aromatic rings. The van der Waals surface area contributed by atoms with Crippen molar-refractivity contribution in [3.63, 3.8) is 0 Å². The van der Waals surface area contributed by atoms with Crippen LogP contribution < -0.4 is 5.73 Å². The summed E-state index contributed by atoms with van der Waals surface area (Å²) in [5.41, 5.74) is 5.18. The molecule has 13 heavy (non-hydrogen) atoms. The van der Waals surface area contributed by atoms with Gasteiger partial charge in [0.2, 0.25) is 0 Å². The SMILES string of the molecule is CC(=O)C(=O)CCCC(N)C(=O)O. The number of ketones is 2. The van der Waals surface area contributed by atoms with E-state index in [1.54, 1.807) is 0 Å². The van der Waals surface area contributed by atoms with Crippen LogP contribution >= 0.6 is 0 Å². The number of hydrogen-bond donors (Lipinski definition) is 2. The van der Waals surface area contributed by atoms with Gasteiger partial charge in [0.05, 0.1) is 0 Å². The normalized spacial score (nSPS) is 12.2. The van der Waals surface area contributed by atoms with Crippen molar-refractivity contribution in [3.05, 3.63) is 0 Å². The van der Waals surface area contributed by atoms with Gasteiger partial charge in [0.25, 0.3) is 0 Å². The van der Waals surface area contributed by atoms with Crippen LogP contribution in [0.4, 0.5) is 0 Å². The van der Waals surface area contributed by atoms with Crippen molar-refractivity contribution in [2.24, 2.45) is 5.73 Å². The summed E-state index contributed by atoms with van der Waals surface area (Å²) in [7, 11) is 0. The lowest BCUT2D eigenvalue weighted by molar-refractivity contribution is -0.139. The highest BCUT2D eigenvalue weighted by atomic mass is 16.4. The quantitative estimate of drug-likeness (QED) is 0.557. The summed E-state index contributed by atoms with van der Waals surface area (Å²) in [5.74, 6) is -2.06. The number of carboxylic acids is 1. The molecule has 5 heteroatoms. The summed E-state index contributed by atoms with van der Waals surface area (Å²) >= 11 is 0. The van der Waals surface area contributed by atoms with Crippen LogP contribution in [0, 0.1) is 0 Å². The zero-order valence-corrected chi connectivity index (χ0v) is 7.45. The molecule has 0 aliphatic heterocycles. The summed E-state index contributed by atoms with van der Waals surface area (Å²) in [6.07, 6.45) is 0.635. The van der Waals surface area contributed by atoms with Crippen LogP contribution in [0.5, 0.6) is 0 Å². The van der Waals surface area contributed by atoms with Crippen LogP contribution in [0.3, 0.4) is 0 Å². The summed E-state index contributed by atoms with van der Waals surface area (Å²) in [5, 5.41) is 8.38. The monoisotopic (exact) mass is 187 g/mol. The Morgan fingerprint density at radius 1 is 1.38 bits per heavy atom. The van der Waals surface area contributed by atoms with E-state index < -0.39 is 23.6 Å². The second-order valence-electron chi connectivity index (χ2n) is 2.82. The van der Waals surface area contributed by atoms with Gasteiger partial charge in [0, 0.05) is 13.3 Å². The van der Waals surface area contributed by atoms with Gasteiger partial charge in [-0.05, 0) is 12.8 Å². The molecule has 1 unspecified atom stereocenters. The van der Waals surface area contributed by atoms with Crippen molar-refractivity contribution < 1.29 is 19.5 Å². The van der Waals surface area contributed by atoms with Crippen molar-refractivity contribution in [2.45, 2.75) is 32.2 Å². The summed E-state index contributed by atoms with van der Waals surface area (Å²) in [4.78, 5) is 31.4. The minimum absolute atomic E-state index is 0.0797. The molecule has 0 heterocycles. The van der Waals surface area contributed by atoms with Gasteiger partial charge in [-0.25, -0.2) is 0 Å². The molecule has 0 rings (SSSR count). The number of carbonyl (C=O) groups is 3. The average molecular weight is 187 g/mol. The van der Waals surface area contributed by atoms with Gasteiger partial charge in [-0.1, -0.05) is 0 Å². The number of carboxylic acid groups (broad SMARTS) is 1. The Bertz CT molecular complexity index is 224. The molecular weight excluding hydrogens is 174 g/mol. The van der Waals surface area contributed by atoms with E-state index in [0.717, 1.165) is 0 Å². The van der Waals surface area contributed by atoms with Gasteiger partial charge in [-0.15, -0.1) is 0 Å². The molecule has 0 aliphatic rings. The molecule has 0 spiro atoms. The lowest BCUT2D eigenvalue weighted by Gasteiger charge is -2.03. The molecule has 0 saturated heterocycles. The van der Waals surface area contributed by atoms with E-state index in [1.165, 1.54) is 6.92 Å². The first kappa shape index (κ1) is 11.8. The van der Waals surface area contributed by atoms with E-state index in [9.17, 15) is 14.4 Å². The lowest BCUT2D eigenvalue weighted by Crippen LogP contribution is -2.30. The Morgan fingerprint density at radius 3 is 2.31 bits per heavy atom. The van der Waals surface area contributed by atoms with Gasteiger partial charge in [-0.2, -0.15) is 0 Å². The van der Waals surface area contributed by atoms with Crippen LogP contribution in [-0.4, -0.2) is 28.7 Å². The lowest BCUT2D eigenvalue weighted by atomic mass is 10.1. The zero-order valence-electron chi connectivity index (χ0n) is 7.45. The zero-order chi connectivity index (χ0) is 10.4. The molecule has 0 aromatic carbocycles. The Hall–Kier alpha value is -1.23. The third-order valence-corrected chi connectivity index (χ3v) is 1.63. The first-order valence-electron chi connectivity index (χ1n) is 3.97. The molecule has 0 amide bonds. The first-order chi connectivity index (χ1) is 5.95. The van der Waals surface area contributed by atoms with Crippen LogP contribution in [0.1, 0.15) is 26.2 Å². The Kier molecular flexibility index (Phi) is 4.91. The third-order valence-electron chi connectivity index (χ3n) is 1.63. The average Bonchev–Trinajstić information content (AvgIpc) is 2.03. The van der Waals surface area contributed by atoms with Crippen molar-refractivity contribution >= 4 is 17.5 Å². The van der Waals surface area contributed by atoms with E-state index in [4.69, 9.17) is 10.8 Å². The fraction of sp³-hybridized carbons (Fsp3) is 0.625. The van der Waals surface area contributed by atoms with Crippen molar-refractivity contribution in [1.29, 1.82) is 0 Å². The van der Waals surface area contributed by atoms with Crippen molar-refractivity contribution in [1.82, 2.24) is 0 Å². The number of hydrogen-bond acceptors (Lipinski definition) is 4. The fourth-order valence-electron chi connectivity index (χ4n) is 0.782. The molecule has 0 aliphatic carbocycles. The molecule has 0 radical (unpaired) electrons. The van der Waals surface area contributed by atoms with Gasteiger partial charge >= 0.3 is 5.97 Å². The van der Waals surface area contributed by atoms with Crippen LogP contribution in [0.15, 0.2) is 0 Å². The smallest absolute Gasteiger partial charge is 0.320 e. The maximum Gasteiger partial charge on any atom is 0.320 e. The maximum atomic E-state index is 10.8. The highest BCUT2D eigenvalue weighted by Crippen LogP contribution is 2.00. The molecule has 0 fully saturated rings. The molecule has 0 bridgehead atoms. The van der Waals surface area contributed by atoms with E-state index in [-0.39, 0.29) is 12.8 Å². The fourth-order valence-corrected chi connectivity index (χ4v) is 0.782. The highest BCUT2D eigenvalue weighted by molar-refractivity contribution is 6.36. The van der Waals surface area contributed by atoms with Gasteiger partial charge in [0.15, 0.2) is 11.6 Å². The number of carbonyl (C=O) groups excluding carboxylic acids is 2. The second-order valence-corrected chi connectivity index (χ2v) is 2.82. The number of rotatable bonds is 6. The third kappa shape index (κ3) is 5.08. The number of nitrogens with two attached hydrogens (primary N) is 1. The highest BCUT2D eigenvalue weighted by Gasteiger charge is 2.13. The standard InChI is InChI=1S/C8H13NO4/c1-5(10)7(11)4-2-3-6(9)8(12)13/h6H,2-4,9H2,1H3,(H,12,13). The second kappa shape index (κ2) is 5.42. The number of aliphatic carboxylic acids is 1. The van der Waals surface area contributed by atoms with Gasteiger partial charge in [-0.3, -0.25) is 14.4 Å². The van der Waals surface area contributed by atoms with Gasteiger partial charge in [0.1, 0.15) is 6.04 Å². The molecule has 0 aromatic heterocycles. The summed E-state index contributed by atoms with van der Waals surface area (Å²) in [6, 6.07) is -0.945. The van der Waals surface area contributed by atoms with E-state index in [2.05, 4.69) is 0 Å². The summed E-state index contributed by atoms with van der Waals surface area (Å²) in [6.45, 7) is 1.19. The van der Waals surface area contributed by atoms with Crippen LogP contribution in [0.2, 0.25) is 0 Å². The minimum atomic E-state index is -1.09. The molecule has 74 valence electrons. The first-order valence-corrected chi connectivity index (χ1v) is 3.97. The van der Waals surface area contributed by atoms with Crippen LogP contribution in [0.25, 0.3) is 0 Å². The Morgan fingerprint density at radius 2 is 1.92 bits per heavy atom. The largest absolute Gasteiger partial charge is 0.480 e. The van der Waals surface area contributed by atoms with E-state index >= 15 is 0 Å². The maximum absolute atomic E-state index is 10.8. The molecule has 5 nitrogen and oxygen atoms in total. The molecular formula is C8H13NO4. The Balaban J connectivity index is 3.62. The topological polar surface area (TPSA) is 97.5 Å². The number of Topliss-reactive ketones (excluding diaryl/α,β-unsaturated/α-hetero) is 2. The Labute approximate surface area is 75.9 Å². The predicted molar refractivity (Wildman–Crippen MR) is 45.2 cm³/mol.